The average molecular weight is 363 g/mol. The van der Waals surface area contributed by atoms with Gasteiger partial charge in [-0.3, -0.25) is 0 Å². The predicted octanol–water partition coefficient (Wildman–Crippen LogP) is 5.26. The van der Waals surface area contributed by atoms with Crippen molar-refractivity contribution in [2.24, 2.45) is 0 Å². The SMILES string of the molecule is CCOC(=O)c1cc2c(NCc3ccc(Cl)c(Cl)c3)cccc2[nH]1. The van der Waals surface area contributed by atoms with Crippen LogP contribution < -0.4 is 5.32 Å². The summed E-state index contributed by atoms with van der Waals surface area (Å²) in [5, 5.41) is 5.35. The zero-order chi connectivity index (χ0) is 17.1. The van der Waals surface area contributed by atoms with Crippen LogP contribution in [0.15, 0.2) is 42.5 Å². The van der Waals surface area contributed by atoms with Crippen molar-refractivity contribution in [1.82, 2.24) is 4.98 Å². The van der Waals surface area contributed by atoms with Gasteiger partial charge >= 0.3 is 5.97 Å². The second-order valence-electron chi connectivity index (χ2n) is 5.27. The lowest BCUT2D eigenvalue weighted by atomic mass is 10.2. The van der Waals surface area contributed by atoms with Crippen LogP contribution in [-0.4, -0.2) is 17.6 Å². The van der Waals surface area contributed by atoms with E-state index in [9.17, 15) is 4.79 Å². The van der Waals surface area contributed by atoms with Crippen LogP contribution in [0.4, 0.5) is 5.69 Å². The van der Waals surface area contributed by atoms with Gasteiger partial charge in [0, 0.05) is 23.1 Å². The summed E-state index contributed by atoms with van der Waals surface area (Å²) < 4.78 is 5.03. The Kier molecular flexibility index (Phi) is 4.97. The Morgan fingerprint density at radius 1 is 1.17 bits per heavy atom. The monoisotopic (exact) mass is 362 g/mol. The molecule has 0 bridgehead atoms. The number of ether oxygens (including phenoxy) is 1. The maximum absolute atomic E-state index is 11.9. The van der Waals surface area contributed by atoms with Crippen molar-refractivity contribution in [2.45, 2.75) is 13.5 Å². The minimum atomic E-state index is -0.357. The molecule has 0 atom stereocenters. The van der Waals surface area contributed by atoms with Gasteiger partial charge in [-0.1, -0.05) is 35.3 Å². The molecule has 6 heteroatoms. The van der Waals surface area contributed by atoms with Crippen LogP contribution in [-0.2, 0) is 11.3 Å². The van der Waals surface area contributed by atoms with E-state index in [0.717, 1.165) is 22.2 Å². The summed E-state index contributed by atoms with van der Waals surface area (Å²) in [7, 11) is 0. The molecule has 4 nitrogen and oxygen atoms in total. The third-order valence-corrected chi connectivity index (χ3v) is 4.37. The first-order valence-electron chi connectivity index (χ1n) is 7.55. The number of hydrogen-bond acceptors (Lipinski definition) is 3. The molecule has 0 aliphatic heterocycles. The number of carbonyl (C=O) groups excluding carboxylic acids is 1. The highest BCUT2D eigenvalue weighted by atomic mass is 35.5. The predicted molar refractivity (Wildman–Crippen MR) is 98.0 cm³/mol. The second-order valence-corrected chi connectivity index (χ2v) is 6.09. The average Bonchev–Trinajstić information content (AvgIpc) is 3.01. The Balaban J connectivity index is 1.83. The lowest BCUT2D eigenvalue weighted by Crippen LogP contribution is -2.04. The van der Waals surface area contributed by atoms with E-state index < -0.39 is 0 Å². The minimum Gasteiger partial charge on any atom is -0.461 e. The number of H-pyrrole nitrogens is 1. The lowest BCUT2D eigenvalue weighted by Gasteiger charge is -2.08. The summed E-state index contributed by atoms with van der Waals surface area (Å²) in [5.41, 5.74) is 3.25. The van der Waals surface area contributed by atoms with Crippen LogP contribution in [0.5, 0.6) is 0 Å². The Labute approximate surface area is 149 Å². The number of fused-ring (bicyclic) bond motifs is 1. The van der Waals surface area contributed by atoms with Crippen molar-refractivity contribution in [1.29, 1.82) is 0 Å². The fourth-order valence-electron chi connectivity index (χ4n) is 2.48. The molecule has 24 heavy (non-hydrogen) atoms. The molecule has 0 radical (unpaired) electrons. The van der Waals surface area contributed by atoms with E-state index >= 15 is 0 Å². The summed E-state index contributed by atoms with van der Waals surface area (Å²) in [6, 6.07) is 13.1. The molecule has 0 unspecified atom stereocenters. The number of aromatic nitrogens is 1. The van der Waals surface area contributed by atoms with E-state index in [4.69, 9.17) is 27.9 Å². The summed E-state index contributed by atoms with van der Waals surface area (Å²) in [5.74, 6) is -0.357. The van der Waals surface area contributed by atoms with Crippen LogP contribution in [0, 0.1) is 0 Å². The van der Waals surface area contributed by atoms with Gasteiger partial charge in [-0.2, -0.15) is 0 Å². The Morgan fingerprint density at radius 3 is 2.75 bits per heavy atom. The van der Waals surface area contributed by atoms with Crippen molar-refractivity contribution in [3.8, 4) is 0 Å². The maximum Gasteiger partial charge on any atom is 0.354 e. The highest BCUT2D eigenvalue weighted by Crippen LogP contribution is 2.26. The number of anilines is 1. The molecule has 0 aliphatic carbocycles. The summed E-state index contributed by atoms with van der Waals surface area (Å²) >= 11 is 12.0. The molecule has 124 valence electrons. The molecule has 3 aromatic rings. The number of esters is 1. The van der Waals surface area contributed by atoms with Gasteiger partial charge < -0.3 is 15.0 Å². The van der Waals surface area contributed by atoms with Gasteiger partial charge in [-0.05, 0) is 42.8 Å². The number of benzene rings is 2. The molecular weight excluding hydrogens is 347 g/mol. The number of hydrogen-bond donors (Lipinski definition) is 2. The molecule has 0 aliphatic rings. The number of aromatic amines is 1. The van der Waals surface area contributed by atoms with E-state index in [1.807, 2.05) is 30.3 Å². The van der Waals surface area contributed by atoms with E-state index in [1.54, 1.807) is 19.1 Å². The van der Waals surface area contributed by atoms with Gasteiger partial charge in [0.25, 0.3) is 0 Å². The van der Waals surface area contributed by atoms with E-state index in [1.165, 1.54) is 0 Å². The van der Waals surface area contributed by atoms with Gasteiger partial charge in [0.2, 0.25) is 0 Å². The van der Waals surface area contributed by atoms with Gasteiger partial charge in [0.15, 0.2) is 0 Å². The van der Waals surface area contributed by atoms with Crippen LogP contribution >= 0.6 is 23.2 Å². The first kappa shape index (κ1) is 16.7. The van der Waals surface area contributed by atoms with E-state index in [0.29, 0.717) is 28.9 Å². The van der Waals surface area contributed by atoms with Crippen molar-refractivity contribution >= 4 is 45.8 Å². The van der Waals surface area contributed by atoms with Crippen molar-refractivity contribution in [3.05, 3.63) is 63.8 Å². The second kappa shape index (κ2) is 7.16. The highest BCUT2D eigenvalue weighted by molar-refractivity contribution is 6.42. The van der Waals surface area contributed by atoms with Crippen LogP contribution in [0.2, 0.25) is 10.0 Å². The minimum absolute atomic E-state index is 0.344. The molecular formula is C18H16Cl2N2O2. The zero-order valence-electron chi connectivity index (χ0n) is 13.0. The molecule has 1 aromatic heterocycles. The molecule has 1 heterocycles. The third kappa shape index (κ3) is 3.50. The Bertz CT molecular complexity index is 890. The van der Waals surface area contributed by atoms with Gasteiger partial charge in [-0.15, -0.1) is 0 Å². The maximum atomic E-state index is 11.9. The summed E-state index contributed by atoms with van der Waals surface area (Å²) in [6.45, 7) is 2.72. The van der Waals surface area contributed by atoms with Crippen LogP contribution in [0.25, 0.3) is 10.9 Å². The molecule has 0 saturated carbocycles. The van der Waals surface area contributed by atoms with Crippen molar-refractivity contribution in [3.63, 3.8) is 0 Å². The normalized spacial score (nSPS) is 10.8. The van der Waals surface area contributed by atoms with Gasteiger partial charge in [0.05, 0.1) is 16.7 Å². The third-order valence-electron chi connectivity index (χ3n) is 3.63. The van der Waals surface area contributed by atoms with Crippen molar-refractivity contribution in [2.75, 3.05) is 11.9 Å². The highest BCUT2D eigenvalue weighted by Gasteiger charge is 2.12. The lowest BCUT2D eigenvalue weighted by molar-refractivity contribution is 0.0520. The number of nitrogens with one attached hydrogen (secondary N) is 2. The largest absolute Gasteiger partial charge is 0.461 e. The topological polar surface area (TPSA) is 54.1 Å². The molecule has 0 saturated heterocycles. The molecule has 0 amide bonds. The fourth-order valence-corrected chi connectivity index (χ4v) is 2.80. The molecule has 0 spiro atoms. The Morgan fingerprint density at radius 2 is 2.00 bits per heavy atom. The quantitative estimate of drug-likeness (QED) is 0.608. The van der Waals surface area contributed by atoms with E-state index in [-0.39, 0.29) is 5.97 Å². The molecule has 0 fully saturated rings. The molecule has 3 rings (SSSR count). The van der Waals surface area contributed by atoms with Gasteiger partial charge in [0.1, 0.15) is 5.69 Å². The van der Waals surface area contributed by atoms with Gasteiger partial charge in [-0.25, -0.2) is 4.79 Å². The zero-order valence-corrected chi connectivity index (χ0v) is 14.5. The van der Waals surface area contributed by atoms with Crippen molar-refractivity contribution < 1.29 is 9.53 Å². The standard InChI is InChI=1S/C18H16Cl2N2O2/c1-2-24-18(23)17-9-12-15(4-3-5-16(12)22-17)21-10-11-6-7-13(19)14(20)8-11/h3-9,21-22H,2,10H2,1H3. The Hall–Kier alpha value is -2.17. The number of carbonyl (C=O) groups is 1. The molecule has 2 aromatic carbocycles. The number of rotatable bonds is 5. The first-order chi connectivity index (χ1) is 11.6. The van der Waals surface area contributed by atoms with E-state index in [2.05, 4.69) is 10.3 Å². The summed E-state index contributed by atoms with van der Waals surface area (Å²) in [4.78, 5) is 15.0. The van der Waals surface area contributed by atoms with Crippen LogP contribution in [0.3, 0.4) is 0 Å². The van der Waals surface area contributed by atoms with Crippen LogP contribution in [0.1, 0.15) is 23.0 Å². The number of halogens is 2. The summed E-state index contributed by atoms with van der Waals surface area (Å²) in [6.07, 6.45) is 0. The molecule has 2 N–H and O–H groups in total. The first-order valence-corrected chi connectivity index (χ1v) is 8.30. The smallest absolute Gasteiger partial charge is 0.354 e. The fraction of sp³-hybridized carbons (Fsp3) is 0.167.